The van der Waals surface area contributed by atoms with Gasteiger partial charge < -0.3 is 15.3 Å². The summed E-state index contributed by atoms with van der Waals surface area (Å²) in [6, 6.07) is 6.54. The first kappa shape index (κ1) is 18.7. The van der Waals surface area contributed by atoms with E-state index in [4.69, 9.17) is 4.98 Å². The predicted molar refractivity (Wildman–Crippen MR) is 118 cm³/mol. The van der Waals surface area contributed by atoms with Gasteiger partial charge in [-0.3, -0.25) is 4.68 Å². The summed E-state index contributed by atoms with van der Waals surface area (Å²) in [7, 11) is 1.87. The lowest BCUT2D eigenvalue weighted by Crippen LogP contribution is -2.54. The molecule has 1 saturated heterocycles. The summed E-state index contributed by atoms with van der Waals surface area (Å²) in [5, 5.41) is 19.7. The van der Waals surface area contributed by atoms with Crippen molar-refractivity contribution in [2.24, 2.45) is 7.05 Å². The van der Waals surface area contributed by atoms with Crippen LogP contribution in [0.5, 0.6) is 5.75 Å². The molecule has 1 aliphatic heterocycles. The Kier molecular flexibility index (Phi) is 4.32. The Hall–Kier alpha value is -3.26. The minimum atomic E-state index is 0.196. The number of fused-ring (bicyclic) bond motifs is 2. The van der Waals surface area contributed by atoms with Crippen molar-refractivity contribution in [2.75, 3.05) is 18.0 Å². The zero-order chi connectivity index (χ0) is 21.0. The van der Waals surface area contributed by atoms with Crippen molar-refractivity contribution in [1.82, 2.24) is 30.0 Å². The van der Waals surface area contributed by atoms with Gasteiger partial charge in [0.25, 0.3) is 0 Å². The first-order chi connectivity index (χ1) is 14.4. The van der Waals surface area contributed by atoms with Crippen LogP contribution in [0.25, 0.3) is 33.3 Å². The smallest absolute Gasteiger partial charge is 0.178 e. The van der Waals surface area contributed by atoms with Crippen LogP contribution in [-0.4, -0.2) is 55.0 Å². The third kappa shape index (κ3) is 3.13. The molecule has 3 aromatic heterocycles. The quantitative estimate of drug-likeness (QED) is 0.532. The van der Waals surface area contributed by atoms with Gasteiger partial charge in [0.1, 0.15) is 17.1 Å². The number of benzene rings is 1. The number of nitrogens with one attached hydrogen (secondary N) is 1. The van der Waals surface area contributed by atoms with Crippen molar-refractivity contribution < 1.29 is 5.11 Å². The molecule has 0 amide bonds. The topological polar surface area (TPSA) is 92.0 Å². The minimum absolute atomic E-state index is 0.196. The number of nitrogens with zero attached hydrogens (tertiary/aromatic N) is 6. The zero-order valence-corrected chi connectivity index (χ0v) is 17.6. The second kappa shape index (κ2) is 6.91. The molecular weight excluding hydrogens is 378 g/mol. The van der Waals surface area contributed by atoms with Gasteiger partial charge in [0.15, 0.2) is 5.65 Å². The Balaban J connectivity index is 1.55. The number of aromatic nitrogens is 5. The maximum atomic E-state index is 10.8. The van der Waals surface area contributed by atoms with Gasteiger partial charge in [0, 0.05) is 54.9 Å². The van der Waals surface area contributed by atoms with Crippen LogP contribution in [0, 0.1) is 6.92 Å². The first-order valence-electron chi connectivity index (χ1n) is 10.2. The van der Waals surface area contributed by atoms with Crippen LogP contribution in [0.4, 0.5) is 5.82 Å². The molecule has 0 unspecified atom stereocenters. The lowest BCUT2D eigenvalue weighted by atomic mass is 10.0. The molecule has 4 heterocycles. The van der Waals surface area contributed by atoms with Crippen molar-refractivity contribution in [1.29, 1.82) is 0 Å². The molecule has 1 fully saturated rings. The summed E-state index contributed by atoms with van der Waals surface area (Å²) in [6.07, 6.45) is 3.73. The van der Waals surface area contributed by atoms with Crippen molar-refractivity contribution in [3.8, 4) is 17.0 Å². The molecule has 0 radical (unpaired) electrons. The van der Waals surface area contributed by atoms with Gasteiger partial charge in [0.05, 0.1) is 17.4 Å². The maximum Gasteiger partial charge on any atom is 0.178 e. The van der Waals surface area contributed by atoms with Crippen molar-refractivity contribution in [2.45, 2.75) is 32.9 Å². The molecule has 2 atom stereocenters. The van der Waals surface area contributed by atoms with Crippen molar-refractivity contribution in [3.63, 3.8) is 0 Å². The van der Waals surface area contributed by atoms with Gasteiger partial charge in [-0.05, 0) is 39.0 Å². The fourth-order valence-electron chi connectivity index (χ4n) is 4.35. The highest BCUT2D eigenvalue weighted by molar-refractivity contribution is 5.91. The SMILES string of the molecule is Cc1c(O)c(-c2ccc3nc(N4C[C@@H](C)N[C@@H](C)C4)cnc3n2)cc2cn(C)nc12. The minimum Gasteiger partial charge on any atom is -0.507 e. The van der Waals surface area contributed by atoms with Gasteiger partial charge >= 0.3 is 0 Å². The zero-order valence-electron chi connectivity index (χ0n) is 17.6. The molecule has 1 aliphatic rings. The monoisotopic (exact) mass is 403 g/mol. The first-order valence-corrected chi connectivity index (χ1v) is 10.2. The molecule has 30 heavy (non-hydrogen) atoms. The van der Waals surface area contributed by atoms with E-state index in [1.54, 1.807) is 10.9 Å². The van der Waals surface area contributed by atoms with E-state index < -0.39 is 0 Å². The molecule has 8 nitrogen and oxygen atoms in total. The highest BCUT2D eigenvalue weighted by Crippen LogP contribution is 2.36. The lowest BCUT2D eigenvalue weighted by molar-refractivity contribution is 0.405. The molecule has 154 valence electrons. The van der Waals surface area contributed by atoms with Crippen molar-refractivity contribution >= 4 is 27.9 Å². The van der Waals surface area contributed by atoms with E-state index >= 15 is 0 Å². The van der Waals surface area contributed by atoms with Crippen LogP contribution in [-0.2, 0) is 7.05 Å². The van der Waals surface area contributed by atoms with E-state index in [-0.39, 0.29) is 5.75 Å². The van der Waals surface area contributed by atoms with Gasteiger partial charge in [-0.2, -0.15) is 5.10 Å². The fourth-order valence-corrected chi connectivity index (χ4v) is 4.35. The maximum absolute atomic E-state index is 10.8. The summed E-state index contributed by atoms with van der Waals surface area (Å²) >= 11 is 0. The van der Waals surface area contributed by atoms with Crippen LogP contribution >= 0.6 is 0 Å². The van der Waals surface area contributed by atoms with E-state index in [9.17, 15) is 5.11 Å². The van der Waals surface area contributed by atoms with Gasteiger partial charge in [0.2, 0.25) is 0 Å². The largest absolute Gasteiger partial charge is 0.507 e. The van der Waals surface area contributed by atoms with Crippen LogP contribution in [0.1, 0.15) is 19.4 Å². The van der Waals surface area contributed by atoms with Crippen LogP contribution < -0.4 is 10.2 Å². The highest BCUT2D eigenvalue weighted by atomic mass is 16.3. The second-order valence-electron chi connectivity index (χ2n) is 8.28. The summed E-state index contributed by atoms with van der Waals surface area (Å²) < 4.78 is 1.75. The number of pyridine rings is 1. The number of rotatable bonds is 2. The summed E-state index contributed by atoms with van der Waals surface area (Å²) in [5.74, 6) is 1.06. The molecule has 8 heteroatoms. The van der Waals surface area contributed by atoms with Crippen LogP contribution in [0.15, 0.2) is 30.6 Å². The summed E-state index contributed by atoms with van der Waals surface area (Å²) in [6.45, 7) is 8.02. The van der Waals surface area contributed by atoms with Gasteiger partial charge in [-0.1, -0.05) is 0 Å². The number of hydrogen-bond donors (Lipinski definition) is 2. The Labute approximate surface area is 174 Å². The van der Waals surface area contributed by atoms with Crippen LogP contribution in [0.3, 0.4) is 0 Å². The number of phenols is 1. The highest BCUT2D eigenvalue weighted by Gasteiger charge is 2.22. The molecule has 2 N–H and O–H groups in total. The van der Waals surface area contributed by atoms with Gasteiger partial charge in [-0.25, -0.2) is 15.0 Å². The van der Waals surface area contributed by atoms with E-state index in [2.05, 4.69) is 39.1 Å². The van der Waals surface area contributed by atoms with Crippen molar-refractivity contribution in [3.05, 3.63) is 36.2 Å². The number of phenolic OH excluding ortho intramolecular Hbond substituents is 1. The lowest BCUT2D eigenvalue weighted by Gasteiger charge is -2.36. The molecule has 4 aromatic rings. The average Bonchev–Trinajstić information content (AvgIpc) is 3.10. The molecule has 0 saturated carbocycles. The second-order valence-corrected chi connectivity index (χ2v) is 8.28. The fraction of sp³-hybridized carbons (Fsp3) is 0.364. The predicted octanol–water partition coefficient (Wildman–Crippen LogP) is 2.78. The van der Waals surface area contributed by atoms with E-state index in [0.717, 1.165) is 40.9 Å². The molecule has 5 rings (SSSR count). The molecule has 1 aromatic carbocycles. The van der Waals surface area contributed by atoms with Gasteiger partial charge in [-0.15, -0.1) is 0 Å². The Bertz CT molecular complexity index is 1260. The molecule has 0 spiro atoms. The molecule has 0 aliphatic carbocycles. The van der Waals surface area contributed by atoms with E-state index in [0.29, 0.717) is 29.0 Å². The number of hydrogen-bond acceptors (Lipinski definition) is 7. The summed E-state index contributed by atoms with van der Waals surface area (Å²) in [5.41, 5.74) is 4.19. The van der Waals surface area contributed by atoms with E-state index in [1.165, 1.54) is 0 Å². The third-order valence-corrected chi connectivity index (χ3v) is 5.67. The number of anilines is 1. The normalized spacial score (nSPS) is 19.7. The Morgan fingerprint density at radius 2 is 1.90 bits per heavy atom. The number of piperazine rings is 1. The van der Waals surface area contributed by atoms with E-state index in [1.807, 2.05) is 38.4 Å². The molecule has 0 bridgehead atoms. The Morgan fingerprint density at radius 1 is 1.13 bits per heavy atom. The Morgan fingerprint density at radius 3 is 2.67 bits per heavy atom. The standard InChI is InChI=1S/C22H25N7O/c1-12-9-29(10-13(2)24-12)19-8-23-22-18(25-19)6-5-17(26-22)16-7-15-11-28(4)27-20(15)14(3)21(16)30/h5-8,11-13,24,30H,9-10H2,1-4H3/t12-,13+. The average molecular weight is 403 g/mol. The number of aryl methyl sites for hydroxylation is 2. The van der Waals surface area contributed by atoms with Crippen LogP contribution in [0.2, 0.25) is 0 Å². The number of aromatic hydroxyl groups is 1. The third-order valence-electron chi connectivity index (χ3n) is 5.67. The molecular formula is C22H25N7O. The summed E-state index contributed by atoms with van der Waals surface area (Å²) in [4.78, 5) is 16.3.